The van der Waals surface area contributed by atoms with Crippen LogP contribution in [0.1, 0.15) is 15.9 Å². The van der Waals surface area contributed by atoms with E-state index in [9.17, 15) is 14.0 Å². The van der Waals surface area contributed by atoms with Gasteiger partial charge in [-0.25, -0.2) is 4.39 Å². The van der Waals surface area contributed by atoms with Gasteiger partial charge in [0.05, 0.1) is 6.54 Å². The number of carbonyl (C=O) groups is 2. The molecule has 0 saturated heterocycles. The van der Waals surface area contributed by atoms with Gasteiger partial charge in [0.25, 0.3) is 5.91 Å². The summed E-state index contributed by atoms with van der Waals surface area (Å²) in [6, 6.07) is 10.5. The van der Waals surface area contributed by atoms with Gasteiger partial charge in [0.2, 0.25) is 5.91 Å². The topological polar surface area (TPSA) is 58.2 Å². The first-order chi connectivity index (χ1) is 10.5. The summed E-state index contributed by atoms with van der Waals surface area (Å²) in [5.74, 6) is -1.18. The predicted octanol–water partition coefficient (Wildman–Crippen LogP) is 3.27. The second kappa shape index (κ2) is 7.17. The first kappa shape index (κ1) is 16.2. The molecule has 22 heavy (non-hydrogen) atoms. The maximum absolute atomic E-state index is 12.8. The maximum atomic E-state index is 12.8. The Morgan fingerprint density at radius 1 is 1.14 bits per heavy atom. The lowest BCUT2D eigenvalue weighted by molar-refractivity contribution is -0.115. The average molecular weight is 365 g/mol. The van der Waals surface area contributed by atoms with Crippen LogP contribution in [0.5, 0.6) is 0 Å². The van der Waals surface area contributed by atoms with Crippen LogP contribution in [-0.4, -0.2) is 18.4 Å². The van der Waals surface area contributed by atoms with Crippen molar-refractivity contribution in [3.05, 3.63) is 63.9 Å². The lowest BCUT2D eigenvalue weighted by Crippen LogP contribution is -2.32. The lowest BCUT2D eigenvalue weighted by atomic mass is 10.2. The quantitative estimate of drug-likeness (QED) is 0.874. The minimum atomic E-state index is -0.429. The van der Waals surface area contributed by atoms with Gasteiger partial charge < -0.3 is 10.6 Å². The van der Waals surface area contributed by atoms with E-state index in [1.807, 2.05) is 19.1 Å². The molecular formula is C16H14BrFN2O2. The lowest BCUT2D eigenvalue weighted by Gasteiger charge is -2.08. The van der Waals surface area contributed by atoms with Crippen molar-refractivity contribution in [2.45, 2.75) is 6.92 Å². The van der Waals surface area contributed by atoms with Crippen molar-refractivity contribution in [3.8, 4) is 0 Å². The second-order valence-electron chi connectivity index (χ2n) is 4.70. The van der Waals surface area contributed by atoms with Gasteiger partial charge in [-0.15, -0.1) is 0 Å². The van der Waals surface area contributed by atoms with Crippen molar-refractivity contribution in [2.24, 2.45) is 0 Å². The molecule has 0 spiro atoms. The first-order valence-corrected chi connectivity index (χ1v) is 7.35. The Morgan fingerprint density at radius 2 is 1.82 bits per heavy atom. The predicted molar refractivity (Wildman–Crippen MR) is 86.2 cm³/mol. The molecule has 0 radical (unpaired) electrons. The molecule has 0 atom stereocenters. The summed E-state index contributed by atoms with van der Waals surface area (Å²) in [6.45, 7) is 1.75. The summed E-state index contributed by atoms with van der Waals surface area (Å²) in [6.07, 6.45) is 0. The van der Waals surface area contributed by atoms with Crippen molar-refractivity contribution in [1.82, 2.24) is 5.32 Å². The number of rotatable bonds is 4. The first-order valence-electron chi connectivity index (χ1n) is 6.55. The highest BCUT2D eigenvalue weighted by molar-refractivity contribution is 9.10. The molecule has 2 N–H and O–H groups in total. The van der Waals surface area contributed by atoms with Gasteiger partial charge in [0.1, 0.15) is 5.82 Å². The zero-order valence-electron chi connectivity index (χ0n) is 11.8. The summed E-state index contributed by atoms with van der Waals surface area (Å²) in [5.41, 5.74) is 1.95. The molecular weight excluding hydrogens is 351 g/mol. The zero-order chi connectivity index (χ0) is 16.1. The molecule has 0 heterocycles. The molecule has 0 aliphatic heterocycles. The molecule has 114 valence electrons. The number of amides is 2. The molecule has 0 aliphatic rings. The van der Waals surface area contributed by atoms with Gasteiger partial charge in [-0.3, -0.25) is 9.59 Å². The minimum absolute atomic E-state index is 0.161. The Bertz CT molecular complexity index is 702. The summed E-state index contributed by atoms with van der Waals surface area (Å²) in [7, 11) is 0. The third kappa shape index (κ3) is 4.39. The standard InChI is InChI=1S/C16H14BrFN2O2/c1-10-8-13(6-7-14(10)17)20-15(21)9-19-16(22)11-2-4-12(18)5-3-11/h2-8H,9H2,1H3,(H,19,22)(H,20,21). The molecule has 0 bridgehead atoms. The second-order valence-corrected chi connectivity index (χ2v) is 5.56. The summed E-state index contributed by atoms with van der Waals surface area (Å²) in [5, 5.41) is 5.17. The molecule has 0 fully saturated rings. The number of aryl methyl sites for hydroxylation is 1. The van der Waals surface area contributed by atoms with Crippen LogP contribution in [0, 0.1) is 12.7 Å². The SMILES string of the molecule is Cc1cc(NC(=O)CNC(=O)c2ccc(F)cc2)ccc1Br. The van der Waals surface area contributed by atoms with E-state index in [1.54, 1.807) is 6.07 Å². The minimum Gasteiger partial charge on any atom is -0.343 e. The number of carbonyl (C=O) groups excluding carboxylic acids is 2. The number of hydrogen-bond donors (Lipinski definition) is 2. The average Bonchev–Trinajstić information content (AvgIpc) is 2.49. The largest absolute Gasteiger partial charge is 0.343 e. The fraction of sp³-hybridized carbons (Fsp3) is 0.125. The van der Waals surface area contributed by atoms with E-state index in [2.05, 4.69) is 26.6 Å². The normalized spacial score (nSPS) is 10.1. The van der Waals surface area contributed by atoms with E-state index in [1.165, 1.54) is 24.3 Å². The molecule has 0 aliphatic carbocycles. The van der Waals surface area contributed by atoms with Gasteiger partial charge in [0, 0.05) is 15.7 Å². The fourth-order valence-corrected chi connectivity index (χ4v) is 2.04. The van der Waals surface area contributed by atoms with Crippen LogP contribution in [0.3, 0.4) is 0 Å². The number of anilines is 1. The molecule has 2 aromatic carbocycles. The maximum Gasteiger partial charge on any atom is 0.251 e. The van der Waals surface area contributed by atoms with Crippen molar-refractivity contribution in [2.75, 3.05) is 11.9 Å². The van der Waals surface area contributed by atoms with Gasteiger partial charge in [-0.2, -0.15) is 0 Å². The van der Waals surface area contributed by atoms with Gasteiger partial charge in [-0.05, 0) is 55.0 Å². The van der Waals surface area contributed by atoms with E-state index in [-0.39, 0.29) is 12.5 Å². The Hall–Kier alpha value is -2.21. The molecule has 0 aromatic heterocycles. The van der Waals surface area contributed by atoms with E-state index in [0.29, 0.717) is 11.3 Å². The molecule has 6 heteroatoms. The molecule has 4 nitrogen and oxygen atoms in total. The molecule has 0 saturated carbocycles. The summed E-state index contributed by atoms with van der Waals surface area (Å²) < 4.78 is 13.7. The number of benzene rings is 2. The highest BCUT2D eigenvalue weighted by Gasteiger charge is 2.08. The van der Waals surface area contributed by atoms with E-state index < -0.39 is 11.7 Å². The third-order valence-corrected chi connectivity index (χ3v) is 3.85. The van der Waals surface area contributed by atoms with Crippen LogP contribution in [0.15, 0.2) is 46.9 Å². The van der Waals surface area contributed by atoms with Crippen LogP contribution in [-0.2, 0) is 4.79 Å². The summed E-state index contributed by atoms with van der Waals surface area (Å²) >= 11 is 3.38. The monoisotopic (exact) mass is 364 g/mol. The van der Waals surface area contributed by atoms with Crippen LogP contribution >= 0.6 is 15.9 Å². The fourth-order valence-electron chi connectivity index (χ4n) is 1.79. The van der Waals surface area contributed by atoms with Crippen molar-refractivity contribution >= 4 is 33.4 Å². The zero-order valence-corrected chi connectivity index (χ0v) is 13.4. The smallest absolute Gasteiger partial charge is 0.251 e. The van der Waals surface area contributed by atoms with Crippen LogP contribution in [0.4, 0.5) is 10.1 Å². The molecule has 0 unspecified atom stereocenters. The van der Waals surface area contributed by atoms with Crippen molar-refractivity contribution in [1.29, 1.82) is 0 Å². The Balaban J connectivity index is 1.88. The van der Waals surface area contributed by atoms with Crippen molar-refractivity contribution in [3.63, 3.8) is 0 Å². The van der Waals surface area contributed by atoms with Gasteiger partial charge in [-0.1, -0.05) is 15.9 Å². The van der Waals surface area contributed by atoms with Gasteiger partial charge in [0.15, 0.2) is 0 Å². The van der Waals surface area contributed by atoms with Gasteiger partial charge >= 0.3 is 0 Å². The van der Waals surface area contributed by atoms with E-state index >= 15 is 0 Å². The van der Waals surface area contributed by atoms with Crippen molar-refractivity contribution < 1.29 is 14.0 Å². The molecule has 2 rings (SSSR count). The molecule has 2 aromatic rings. The van der Waals surface area contributed by atoms with E-state index in [4.69, 9.17) is 0 Å². The third-order valence-electron chi connectivity index (χ3n) is 2.96. The number of nitrogens with one attached hydrogen (secondary N) is 2. The van der Waals surface area contributed by atoms with Crippen LogP contribution < -0.4 is 10.6 Å². The Labute approximate surface area is 135 Å². The van der Waals surface area contributed by atoms with Crippen LogP contribution in [0.25, 0.3) is 0 Å². The number of halogens is 2. The number of hydrogen-bond acceptors (Lipinski definition) is 2. The highest BCUT2D eigenvalue weighted by atomic mass is 79.9. The highest BCUT2D eigenvalue weighted by Crippen LogP contribution is 2.19. The molecule has 2 amide bonds. The van der Waals surface area contributed by atoms with Crippen LogP contribution in [0.2, 0.25) is 0 Å². The Morgan fingerprint density at radius 3 is 2.45 bits per heavy atom. The Kier molecular flexibility index (Phi) is 5.27. The van der Waals surface area contributed by atoms with E-state index in [0.717, 1.165) is 10.0 Å². The summed E-state index contributed by atoms with van der Waals surface area (Å²) in [4.78, 5) is 23.6.